The van der Waals surface area contributed by atoms with Gasteiger partial charge in [0.2, 0.25) is 11.8 Å². The zero-order chi connectivity index (χ0) is 28.3. The number of thiophene rings is 1. The molecule has 1 atom stereocenters. The Labute approximate surface area is 235 Å². The number of aromatic nitrogens is 2. The number of alkyl halides is 3. The van der Waals surface area contributed by atoms with Crippen molar-refractivity contribution in [2.75, 3.05) is 7.11 Å². The van der Waals surface area contributed by atoms with Gasteiger partial charge in [-0.1, -0.05) is 31.0 Å². The maximum atomic E-state index is 14.0. The lowest BCUT2D eigenvalue weighted by Gasteiger charge is -2.32. The topological polar surface area (TPSA) is 76.5 Å². The van der Waals surface area contributed by atoms with Crippen LogP contribution in [0.1, 0.15) is 72.0 Å². The highest BCUT2D eigenvalue weighted by Crippen LogP contribution is 2.36. The van der Waals surface area contributed by atoms with Crippen LogP contribution in [0.4, 0.5) is 13.2 Å². The maximum absolute atomic E-state index is 14.0. The Hall–Kier alpha value is -3.34. The highest BCUT2D eigenvalue weighted by atomic mass is 32.1. The molecule has 3 aromatic rings. The summed E-state index contributed by atoms with van der Waals surface area (Å²) in [5.41, 5.74) is 0.326. The monoisotopic (exact) mass is 574 g/mol. The second-order valence-corrected chi connectivity index (χ2v) is 11.4. The normalized spacial score (nSPS) is 16.4. The van der Waals surface area contributed by atoms with E-state index in [2.05, 4.69) is 10.4 Å². The molecule has 1 unspecified atom stereocenters. The van der Waals surface area contributed by atoms with Gasteiger partial charge in [0.25, 0.3) is 0 Å². The standard InChI is InChI=1S/C29H33F3N4O3S/c1-39-21-14-12-19(13-15-21)26(28(38)33-20-7-2-3-8-20)35(17-22-9-6-16-40-22)25(37)18-36-24-11-5-4-10-23(24)27(34-36)29(30,31)32/h6,9,12-16,20,26H,2-5,7-8,10-11,17-18H2,1H3,(H,33,38). The molecule has 0 bridgehead atoms. The molecule has 0 spiro atoms. The minimum Gasteiger partial charge on any atom is -0.497 e. The zero-order valence-corrected chi connectivity index (χ0v) is 23.2. The Morgan fingerprint density at radius 3 is 2.50 bits per heavy atom. The number of methoxy groups -OCH3 is 1. The number of rotatable bonds is 9. The van der Waals surface area contributed by atoms with Crippen molar-refractivity contribution in [3.05, 3.63) is 69.2 Å². The number of hydrogen-bond donors (Lipinski definition) is 1. The van der Waals surface area contributed by atoms with Crippen LogP contribution in [-0.4, -0.2) is 39.6 Å². The fourth-order valence-electron chi connectivity index (χ4n) is 5.75. The maximum Gasteiger partial charge on any atom is 0.435 e. The van der Waals surface area contributed by atoms with Gasteiger partial charge in [0.1, 0.15) is 18.3 Å². The van der Waals surface area contributed by atoms with Gasteiger partial charge in [-0.15, -0.1) is 11.3 Å². The first-order valence-electron chi connectivity index (χ1n) is 13.7. The van der Waals surface area contributed by atoms with E-state index in [0.717, 1.165) is 37.0 Å². The molecule has 0 saturated heterocycles. The Morgan fingerprint density at radius 2 is 1.85 bits per heavy atom. The lowest BCUT2D eigenvalue weighted by molar-refractivity contribution is -0.144. The van der Waals surface area contributed by atoms with Crippen molar-refractivity contribution in [2.24, 2.45) is 0 Å². The molecule has 2 amide bonds. The smallest absolute Gasteiger partial charge is 0.435 e. The van der Waals surface area contributed by atoms with E-state index in [1.165, 1.54) is 20.9 Å². The summed E-state index contributed by atoms with van der Waals surface area (Å²) in [5, 5.41) is 8.91. The average molecular weight is 575 g/mol. The number of ether oxygens (including phenoxy) is 1. The van der Waals surface area contributed by atoms with Crippen molar-refractivity contribution in [3.63, 3.8) is 0 Å². The van der Waals surface area contributed by atoms with E-state index in [-0.39, 0.29) is 37.0 Å². The van der Waals surface area contributed by atoms with Gasteiger partial charge in [-0.2, -0.15) is 18.3 Å². The second kappa shape index (κ2) is 12.0. The van der Waals surface area contributed by atoms with Crippen molar-refractivity contribution in [3.8, 4) is 5.75 Å². The molecule has 7 nitrogen and oxygen atoms in total. The van der Waals surface area contributed by atoms with Crippen LogP contribution >= 0.6 is 11.3 Å². The number of amides is 2. The molecule has 11 heteroatoms. The number of nitrogens with one attached hydrogen (secondary N) is 1. The van der Waals surface area contributed by atoms with Gasteiger partial charge in [0.05, 0.1) is 13.7 Å². The number of benzene rings is 1. The predicted molar refractivity (Wildman–Crippen MR) is 145 cm³/mol. The quantitative estimate of drug-likeness (QED) is 0.357. The van der Waals surface area contributed by atoms with E-state index >= 15 is 0 Å². The van der Waals surface area contributed by atoms with E-state index in [0.29, 0.717) is 29.8 Å². The van der Waals surface area contributed by atoms with Crippen molar-refractivity contribution < 1.29 is 27.5 Å². The summed E-state index contributed by atoms with van der Waals surface area (Å²) in [6.45, 7) is -0.242. The second-order valence-electron chi connectivity index (χ2n) is 10.4. The molecule has 0 radical (unpaired) electrons. The van der Waals surface area contributed by atoms with E-state index in [1.54, 1.807) is 31.4 Å². The molecular weight excluding hydrogens is 541 g/mol. The van der Waals surface area contributed by atoms with Crippen molar-refractivity contribution in [1.82, 2.24) is 20.0 Å². The fourth-order valence-corrected chi connectivity index (χ4v) is 6.45. The van der Waals surface area contributed by atoms with Crippen molar-refractivity contribution in [2.45, 2.75) is 82.7 Å². The average Bonchev–Trinajstić information content (AvgIpc) is 3.71. The fraction of sp³-hybridized carbons (Fsp3) is 0.483. The molecule has 5 rings (SSSR count). The van der Waals surface area contributed by atoms with Gasteiger partial charge >= 0.3 is 6.18 Å². The minimum absolute atomic E-state index is 0.0272. The third-order valence-corrected chi connectivity index (χ3v) is 8.59. The first kappa shape index (κ1) is 28.2. The van der Waals surface area contributed by atoms with Crippen LogP contribution in [0.5, 0.6) is 5.75 Å². The largest absolute Gasteiger partial charge is 0.497 e. The summed E-state index contributed by atoms with van der Waals surface area (Å²) in [7, 11) is 1.55. The molecule has 214 valence electrons. The van der Waals surface area contributed by atoms with E-state index in [4.69, 9.17) is 4.74 Å². The predicted octanol–water partition coefficient (Wildman–Crippen LogP) is 5.68. The summed E-state index contributed by atoms with van der Waals surface area (Å²) < 4.78 is 47.9. The lowest BCUT2D eigenvalue weighted by Crippen LogP contribution is -2.46. The van der Waals surface area contributed by atoms with Crippen molar-refractivity contribution in [1.29, 1.82) is 0 Å². The summed E-state index contributed by atoms with van der Waals surface area (Å²) in [6.07, 6.45) is 1.32. The third-order valence-electron chi connectivity index (χ3n) is 7.73. The molecule has 1 aromatic carbocycles. The molecular formula is C29H33F3N4O3S. The van der Waals surface area contributed by atoms with Crippen LogP contribution < -0.4 is 10.1 Å². The van der Waals surface area contributed by atoms with Crippen LogP contribution in [0.15, 0.2) is 41.8 Å². The third kappa shape index (κ3) is 6.19. The number of hydrogen-bond acceptors (Lipinski definition) is 5. The number of halogens is 3. The SMILES string of the molecule is COc1ccc(C(C(=O)NC2CCCC2)N(Cc2cccs2)C(=O)Cn2nc(C(F)(F)F)c3c2CCCC3)cc1. The Balaban J connectivity index is 1.52. The van der Waals surface area contributed by atoms with Crippen LogP contribution in [0.2, 0.25) is 0 Å². The molecule has 40 heavy (non-hydrogen) atoms. The van der Waals surface area contributed by atoms with Crippen molar-refractivity contribution >= 4 is 23.2 Å². The molecule has 2 aromatic heterocycles. The van der Waals surface area contributed by atoms with Gasteiger partial charge < -0.3 is 15.0 Å². The lowest BCUT2D eigenvalue weighted by atomic mass is 9.95. The Kier molecular flexibility index (Phi) is 8.48. The van der Waals surface area contributed by atoms with Crippen LogP contribution in [0, 0.1) is 0 Å². The summed E-state index contributed by atoms with van der Waals surface area (Å²) in [6, 6.07) is 9.77. The number of carbonyl (C=O) groups excluding carboxylic acids is 2. The number of carbonyl (C=O) groups is 2. The van der Waals surface area contributed by atoms with E-state index in [1.807, 2.05) is 17.5 Å². The van der Waals surface area contributed by atoms with Gasteiger partial charge in [-0.25, -0.2) is 0 Å². The van der Waals surface area contributed by atoms with Gasteiger partial charge in [-0.05, 0) is 67.7 Å². The summed E-state index contributed by atoms with van der Waals surface area (Å²) in [5.74, 6) is -0.168. The van der Waals surface area contributed by atoms with E-state index in [9.17, 15) is 22.8 Å². The summed E-state index contributed by atoms with van der Waals surface area (Å²) >= 11 is 1.45. The first-order valence-corrected chi connectivity index (χ1v) is 14.5. The Bertz CT molecular complexity index is 1320. The number of fused-ring (bicyclic) bond motifs is 1. The highest BCUT2D eigenvalue weighted by Gasteiger charge is 2.40. The Morgan fingerprint density at radius 1 is 1.12 bits per heavy atom. The summed E-state index contributed by atoms with van der Waals surface area (Å²) in [4.78, 5) is 30.2. The number of nitrogens with zero attached hydrogens (tertiary/aromatic N) is 3. The van der Waals surface area contributed by atoms with Crippen LogP contribution in [-0.2, 0) is 41.7 Å². The van der Waals surface area contributed by atoms with Gasteiger partial charge in [-0.3, -0.25) is 14.3 Å². The minimum atomic E-state index is -4.60. The first-order chi connectivity index (χ1) is 19.2. The van der Waals surface area contributed by atoms with Gasteiger partial charge in [0, 0.05) is 22.2 Å². The molecule has 1 saturated carbocycles. The highest BCUT2D eigenvalue weighted by molar-refractivity contribution is 7.09. The zero-order valence-electron chi connectivity index (χ0n) is 22.4. The molecule has 2 aliphatic carbocycles. The van der Waals surface area contributed by atoms with Crippen LogP contribution in [0.3, 0.4) is 0 Å². The van der Waals surface area contributed by atoms with Crippen LogP contribution in [0.25, 0.3) is 0 Å². The van der Waals surface area contributed by atoms with Gasteiger partial charge in [0.15, 0.2) is 5.69 Å². The molecule has 0 aliphatic heterocycles. The molecule has 2 aliphatic rings. The molecule has 1 N–H and O–H groups in total. The molecule has 1 fully saturated rings. The van der Waals surface area contributed by atoms with E-state index < -0.39 is 23.8 Å². The molecule has 2 heterocycles.